The lowest BCUT2D eigenvalue weighted by molar-refractivity contribution is -0.141. The Kier molecular flexibility index (Phi) is 6.97. The van der Waals surface area contributed by atoms with Crippen LogP contribution in [-0.4, -0.2) is 104 Å². The maximum atomic E-state index is 13.7. The maximum Gasteiger partial charge on any atom is 0.417 e. The number of nitrogens with zero attached hydrogens (tertiary/aromatic N) is 5. The highest BCUT2D eigenvalue weighted by molar-refractivity contribution is 6.21. The van der Waals surface area contributed by atoms with Crippen LogP contribution >= 0.6 is 0 Å². The van der Waals surface area contributed by atoms with Crippen molar-refractivity contribution in [2.75, 3.05) is 19.8 Å². The largest absolute Gasteiger partial charge is 0.454 e. The van der Waals surface area contributed by atoms with Gasteiger partial charge in [-0.3, -0.25) is 19.4 Å². The number of hydrogen-bond donors (Lipinski definition) is 4. The Balaban J connectivity index is 1.34. The number of aliphatic imine (C=N–C) groups is 2. The van der Waals surface area contributed by atoms with E-state index >= 15 is 0 Å². The SMILES string of the molecule is NC1=NC2[C@H](CN3C(=O)c4ccccc4C3=O)N=C(N)N3C[C@H](OC(=O)c4cc(C(F)(F)F)ccc4C(F)(F)F)[C@@H](O)C23N1CO. The first-order valence-corrected chi connectivity index (χ1v) is 13.5. The molecule has 19 heteroatoms. The molecule has 0 aromatic heterocycles. The van der Waals surface area contributed by atoms with E-state index in [-0.39, 0.29) is 41.2 Å². The van der Waals surface area contributed by atoms with E-state index in [4.69, 9.17) is 16.2 Å². The molecule has 13 nitrogen and oxygen atoms in total. The maximum absolute atomic E-state index is 13.7. The second-order valence-electron chi connectivity index (χ2n) is 10.9. The molecule has 244 valence electrons. The highest BCUT2D eigenvalue weighted by Crippen LogP contribution is 2.46. The van der Waals surface area contributed by atoms with Crippen molar-refractivity contribution in [2.45, 2.75) is 42.3 Å². The number of amides is 2. The van der Waals surface area contributed by atoms with Gasteiger partial charge < -0.3 is 31.3 Å². The van der Waals surface area contributed by atoms with Crippen LogP contribution in [0.5, 0.6) is 0 Å². The summed E-state index contributed by atoms with van der Waals surface area (Å²) in [7, 11) is 0. The van der Waals surface area contributed by atoms with E-state index < -0.39 is 96.6 Å². The Morgan fingerprint density at radius 1 is 0.978 bits per heavy atom. The number of halogens is 6. The fourth-order valence-electron chi connectivity index (χ4n) is 6.46. The molecule has 1 fully saturated rings. The smallest absolute Gasteiger partial charge is 0.417 e. The van der Waals surface area contributed by atoms with E-state index in [0.29, 0.717) is 0 Å². The number of fused-ring (bicyclic) bond motifs is 1. The van der Waals surface area contributed by atoms with Gasteiger partial charge in [0.15, 0.2) is 17.6 Å². The number of alkyl halides is 6. The summed E-state index contributed by atoms with van der Waals surface area (Å²) in [4.78, 5) is 50.8. The van der Waals surface area contributed by atoms with Crippen LogP contribution < -0.4 is 11.5 Å². The summed E-state index contributed by atoms with van der Waals surface area (Å²) in [6.45, 7) is -1.92. The van der Waals surface area contributed by atoms with E-state index in [1.54, 1.807) is 12.1 Å². The number of guanidine groups is 2. The van der Waals surface area contributed by atoms with Gasteiger partial charge in [0, 0.05) is 0 Å². The molecule has 0 bridgehead atoms. The van der Waals surface area contributed by atoms with Crippen LogP contribution in [0.4, 0.5) is 26.3 Å². The van der Waals surface area contributed by atoms with Crippen LogP contribution in [0.15, 0.2) is 52.4 Å². The van der Waals surface area contributed by atoms with E-state index in [0.717, 1.165) is 14.7 Å². The second-order valence-corrected chi connectivity index (χ2v) is 10.9. The molecule has 0 radical (unpaired) electrons. The highest BCUT2D eigenvalue weighted by atomic mass is 19.4. The molecule has 5 atom stereocenters. The Morgan fingerprint density at radius 3 is 2.17 bits per heavy atom. The van der Waals surface area contributed by atoms with Gasteiger partial charge in [-0.05, 0) is 30.3 Å². The number of nitrogens with two attached hydrogens (primary N) is 2. The van der Waals surface area contributed by atoms with Crippen LogP contribution in [0, 0.1) is 0 Å². The number of carbonyl (C=O) groups is 3. The van der Waals surface area contributed by atoms with E-state index in [2.05, 4.69) is 9.98 Å². The van der Waals surface area contributed by atoms with Crippen molar-refractivity contribution >= 4 is 29.7 Å². The molecule has 6 N–H and O–H groups in total. The fraction of sp³-hybridized carbons (Fsp3) is 0.370. The first kappa shape index (κ1) is 31.1. The van der Waals surface area contributed by atoms with E-state index in [1.165, 1.54) is 12.1 Å². The first-order valence-electron chi connectivity index (χ1n) is 13.5. The van der Waals surface area contributed by atoms with Gasteiger partial charge in [-0.15, -0.1) is 0 Å². The van der Waals surface area contributed by atoms with Crippen LogP contribution in [0.2, 0.25) is 0 Å². The first-order chi connectivity index (χ1) is 21.5. The Hall–Kier alpha value is -4.91. The minimum Gasteiger partial charge on any atom is -0.454 e. The third-order valence-corrected chi connectivity index (χ3v) is 8.46. The number of benzene rings is 2. The van der Waals surface area contributed by atoms with Gasteiger partial charge in [0.1, 0.15) is 25.0 Å². The molecular weight excluding hydrogens is 632 g/mol. The number of imide groups is 1. The van der Waals surface area contributed by atoms with Gasteiger partial charge in [-0.1, -0.05) is 12.1 Å². The molecule has 0 aliphatic carbocycles. The third kappa shape index (κ3) is 4.43. The molecular formula is C27H23F6N7O6. The van der Waals surface area contributed by atoms with Gasteiger partial charge in [0.05, 0.1) is 46.9 Å². The van der Waals surface area contributed by atoms with Crippen molar-refractivity contribution in [3.05, 3.63) is 70.3 Å². The number of carbonyl (C=O) groups excluding carboxylic acids is 3. The Labute approximate surface area is 254 Å². The van der Waals surface area contributed by atoms with E-state index in [1.807, 2.05) is 0 Å². The monoisotopic (exact) mass is 655 g/mol. The molecule has 1 spiro atoms. The van der Waals surface area contributed by atoms with Gasteiger partial charge in [0.2, 0.25) is 0 Å². The van der Waals surface area contributed by atoms with Crippen molar-refractivity contribution < 1.29 is 55.7 Å². The molecule has 2 aromatic rings. The minimum atomic E-state index is -5.25. The highest BCUT2D eigenvalue weighted by Gasteiger charge is 2.70. The van der Waals surface area contributed by atoms with Gasteiger partial charge in [0.25, 0.3) is 11.8 Å². The summed E-state index contributed by atoms with van der Waals surface area (Å²) < 4.78 is 86.3. The van der Waals surface area contributed by atoms with Crippen molar-refractivity contribution in [2.24, 2.45) is 21.5 Å². The topological polar surface area (TPSA) is 187 Å². The lowest BCUT2D eigenvalue weighted by atomic mass is 9.87. The Morgan fingerprint density at radius 2 is 1.61 bits per heavy atom. The molecule has 2 amide bonds. The number of rotatable bonds is 5. The predicted octanol–water partition coefficient (Wildman–Crippen LogP) is 0.564. The molecule has 4 aliphatic rings. The standard InChI is InChI=1S/C27H23F6N7O6/c28-26(29,30)11-5-6-15(27(31,32)33)14(7-11)22(45)46-17-9-39-23(34)36-16(18-25(39,19(17)42)40(10-41)24(35)37-18)8-38-20(43)12-3-1-2-4-13(12)21(38)44/h1-7,16-19,41-42H,8-10H2,(H2,34,36)(H2,35,37)/t16-,17-,18?,19+,25?/m0/s1. The summed E-state index contributed by atoms with van der Waals surface area (Å²) in [6, 6.07) is 3.76. The number of aliphatic hydroxyl groups is 2. The molecule has 4 heterocycles. The average molecular weight is 656 g/mol. The van der Waals surface area contributed by atoms with Crippen molar-refractivity contribution in [3.8, 4) is 0 Å². The van der Waals surface area contributed by atoms with Crippen LogP contribution in [-0.2, 0) is 17.1 Å². The Bertz CT molecular complexity index is 1680. The van der Waals surface area contributed by atoms with Crippen LogP contribution in [0.1, 0.15) is 42.2 Å². The summed E-state index contributed by atoms with van der Waals surface area (Å²) in [5, 5.41) is 21.9. The summed E-state index contributed by atoms with van der Waals surface area (Å²) in [5.41, 5.74) is 5.83. The summed E-state index contributed by atoms with van der Waals surface area (Å²) in [6.07, 6.45) is -14.1. The molecule has 0 saturated carbocycles. The van der Waals surface area contributed by atoms with Gasteiger partial charge in [-0.2, -0.15) is 26.3 Å². The molecule has 4 aliphatic heterocycles. The minimum absolute atomic E-state index is 0.00839. The van der Waals surface area contributed by atoms with Crippen molar-refractivity contribution in [3.63, 3.8) is 0 Å². The third-order valence-electron chi connectivity index (χ3n) is 8.46. The number of aliphatic hydroxyl groups excluding tert-OH is 2. The van der Waals surface area contributed by atoms with Crippen molar-refractivity contribution in [1.82, 2.24) is 14.7 Å². The van der Waals surface area contributed by atoms with E-state index in [9.17, 15) is 50.9 Å². The molecule has 46 heavy (non-hydrogen) atoms. The van der Waals surface area contributed by atoms with Crippen molar-refractivity contribution in [1.29, 1.82) is 0 Å². The normalized spacial score (nSPS) is 27.3. The number of esters is 1. The second kappa shape index (κ2) is 10.3. The fourth-order valence-corrected chi connectivity index (χ4v) is 6.46. The number of hydrogen-bond acceptors (Lipinski definition) is 12. The zero-order valence-electron chi connectivity index (χ0n) is 23.2. The van der Waals surface area contributed by atoms with Gasteiger partial charge in [-0.25, -0.2) is 14.8 Å². The molecule has 2 unspecified atom stereocenters. The molecule has 1 saturated heterocycles. The lowest BCUT2D eigenvalue weighted by Crippen LogP contribution is -2.74. The zero-order chi connectivity index (χ0) is 33.5. The molecule has 6 rings (SSSR count). The molecule has 2 aromatic carbocycles. The number of ether oxygens (including phenoxy) is 1. The summed E-state index contributed by atoms with van der Waals surface area (Å²) >= 11 is 0. The van der Waals surface area contributed by atoms with Gasteiger partial charge >= 0.3 is 18.3 Å². The zero-order valence-corrected chi connectivity index (χ0v) is 23.2. The predicted molar refractivity (Wildman–Crippen MR) is 143 cm³/mol. The van der Waals surface area contributed by atoms with Crippen LogP contribution in [0.3, 0.4) is 0 Å². The quantitative estimate of drug-likeness (QED) is 0.202. The average Bonchev–Trinajstić information content (AvgIpc) is 3.55. The lowest BCUT2D eigenvalue weighted by Gasteiger charge is -2.50. The van der Waals surface area contributed by atoms with Crippen LogP contribution in [0.25, 0.3) is 0 Å². The summed E-state index contributed by atoms with van der Waals surface area (Å²) in [5.74, 6) is -3.87.